The Morgan fingerprint density at radius 1 is 1.34 bits per heavy atom. The van der Waals surface area contributed by atoms with E-state index in [0.29, 0.717) is 34.2 Å². The van der Waals surface area contributed by atoms with Crippen molar-refractivity contribution in [2.24, 2.45) is 11.8 Å². The summed E-state index contributed by atoms with van der Waals surface area (Å²) in [6.07, 6.45) is 5.12. The van der Waals surface area contributed by atoms with E-state index in [1.54, 1.807) is 24.6 Å². The Kier molecular flexibility index (Phi) is 6.06. The van der Waals surface area contributed by atoms with E-state index in [9.17, 15) is 14.4 Å². The summed E-state index contributed by atoms with van der Waals surface area (Å²) >= 11 is 7.52. The number of aromatic nitrogens is 6. The van der Waals surface area contributed by atoms with Gasteiger partial charge in [0.25, 0.3) is 5.56 Å². The maximum Gasteiger partial charge on any atom is 0.330 e. The summed E-state index contributed by atoms with van der Waals surface area (Å²) in [6.45, 7) is 5.96. The number of hydrogen-bond acceptors (Lipinski definition) is 7. The van der Waals surface area contributed by atoms with E-state index in [-0.39, 0.29) is 17.1 Å². The Balaban J connectivity index is 1.38. The minimum absolute atomic E-state index is 0.165. The predicted molar refractivity (Wildman–Crippen MR) is 135 cm³/mol. The van der Waals surface area contributed by atoms with Gasteiger partial charge in [-0.2, -0.15) is 0 Å². The van der Waals surface area contributed by atoms with Crippen molar-refractivity contribution in [1.29, 1.82) is 0 Å². The lowest BCUT2D eigenvalue weighted by atomic mass is 10.2. The van der Waals surface area contributed by atoms with Gasteiger partial charge in [-0.05, 0) is 38.2 Å². The summed E-state index contributed by atoms with van der Waals surface area (Å²) in [5.41, 5.74) is 0.920. The summed E-state index contributed by atoms with van der Waals surface area (Å²) in [5.74, 6) is 0.881. The highest BCUT2D eigenvalue weighted by Gasteiger charge is 2.36. The average molecular weight is 514 g/mol. The second kappa shape index (κ2) is 9.04. The summed E-state index contributed by atoms with van der Waals surface area (Å²) in [6, 6.07) is 1.02. The van der Waals surface area contributed by atoms with Crippen LogP contribution in [0.1, 0.15) is 38.4 Å². The Bertz CT molecular complexity index is 1550. The number of imidazole rings is 1. The van der Waals surface area contributed by atoms with Crippen LogP contribution in [0.3, 0.4) is 0 Å². The van der Waals surface area contributed by atoms with Crippen LogP contribution in [0.25, 0.3) is 21.7 Å². The van der Waals surface area contributed by atoms with Crippen LogP contribution in [0.2, 0.25) is 5.02 Å². The normalized spacial score (nSPS) is 18.1. The molecular weight excluding hydrogens is 490 g/mol. The van der Waals surface area contributed by atoms with Gasteiger partial charge >= 0.3 is 5.69 Å². The Hall–Kier alpha value is -3.31. The number of carbonyl (C=O) groups is 1. The number of hydrogen-bond donors (Lipinski definition) is 2. The lowest BCUT2D eigenvalue weighted by Crippen LogP contribution is -2.37. The first-order valence-corrected chi connectivity index (χ1v) is 12.6. The molecule has 1 aliphatic rings. The van der Waals surface area contributed by atoms with Gasteiger partial charge in [-0.3, -0.25) is 24.1 Å². The van der Waals surface area contributed by atoms with Crippen LogP contribution >= 0.6 is 22.9 Å². The molecule has 1 amide bonds. The molecule has 2 unspecified atom stereocenters. The number of nitrogens with zero attached hydrogens (tertiary/aromatic N) is 5. The van der Waals surface area contributed by atoms with Crippen LogP contribution < -0.4 is 16.6 Å². The summed E-state index contributed by atoms with van der Waals surface area (Å²) in [4.78, 5) is 54.3. The summed E-state index contributed by atoms with van der Waals surface area (Å²) in [7, 11) is 0. The standard InChI is InChI=1S/C23H24ClN7O3S/c1-4-13-5-15(13)8-30-22(33)18-19(29-23(30)34)26-10-31(18)12(3)20(32)27-17-9-35-21(28-17)14-6-16(24)11(2)25-7-14/h6-7,9-10,12-13,15H,4-5,8H2,1-3H3,(H,27,32)(H,29,34)/t12-,13?,15?/m0/s1. The topological polar surface area (TPSA) is 128 Å². The van der Waals surface area contributed by atoms with E-state index in [1.165, 1.54) is 26.8 Å². The number of halogens is 1. The Morgan fingerprint density at radius 2 is 2.14 bits per heavy atom. The fraction of sp³-hybridized carbons (Fsp3) is 0.391. The molecule has 0 saturated heterocycles. The number of H-pyrrole nitrogens is 1. The lowest BCUT2D eigenvalue weighted by molar-refractivity contribution is -0.118. The highest BCUT2D eigenvalue weighted by atomic mass is 35.5. The maximum atomic E-state index is 13.2. The molecule has 0 aromatic carbocycles. The number of rotatable bonds is 7. The SMILES string of the molecule is CCC1CC1Cn1c(=O)[nH]c2ncn([C@@H](C)C(=O)Nc3csc(-c4cnc(C)c(Cl)c4)n3)c2c1=O. The lowest BCUT2D eigenvalue weighted by Gasteiger charge is -2.13. The van der Waals surface area contributed by atoms with Gasteiger partial charge in [0.2, 0.25) is 5.91 Å². The highest BCUT2D eigenvalue weighted by molar-refractivity contribution is 7.13. The van der Waals surface area contributed by atoms with E-state index in [1.807, 2.05) is 6.92 Å². The highest BCUT2D eigenvalue weighted by Crippen LogP contribution is 2.41. The van der Waals surface area contributed by atoms with Crippen LogP contribution in [0.5, 0.6) is 0 Å². The van der Waals surface area contributed by atoms with Gasteiger partial charge in [-0.1, -0.05) is 24.9 Å². The Labute approximate surface area is 209 Å². The van der Waals surface area contributed by atoms with Crippen molar-refractivity contribution in [3.05, 3.63) is 55.5 Å². The molecule has 0 radical (unpaired) electrons. The van der Waals surface area contributed by atoms with Crippen molar-refractivity contribution in [1.82, 2.24) is 29.1 Å². The molecule has 1 aliphatic carbocycles. The second-order valence-electron chi connectivity index (χ2n) is 8.85. The van der Waals surface area contributed by atoms with Crippen LogP contribution in [-0.4, -0.2) is 35.0 Å². The minimum atomic E-state index is -0.767. The molecule has 5 rings (SSSR count). The number of aromatic amines is 1. The number of amides is 1. The van der Waals surface area contributed by atoms with E-state index in [2.05, 4.69) is 32.2 Å². The van der Waals surface area contributed by atoms with Gasteiger partial charge in [-0.15, -0.1) is 11.3 Å². The molecule has 0 aliphatic heterocycles. The average Bonchev–Trinajstić information content (AvgIpc) is 3.20. The Morgan fingerprint density at radius 3 is 2.86 bits per heavy atom. The number of thiazole rings is 1. The number of pyridine rings is 1. The zero-order chi connectivity index (χ0) is 24.9. The molecule has 10 nitrogen and oxygen atoms in total. The molecule has 35 heavy (non-hydrogen) atoms. The van der Waals surface area contributed by atoms with Crippen LogP contribution in [0.4, 0.5) is 5.82 Å². The van der Waals surface area contributed by atoms with Crippen LogP contribution in [-0.2, 0) is 11.3 Å². The maximum absolute atomic E-state index is 13.2. The third kappa shape index (κ3) is 4.41. The van der Waals surface area contributed by atoms with Gasteiger partial charge < -0.3 is 9.88 Å². The van der Waals surface area contributed by atoms with Gasteiger partial charge in [0.05, 0.1) is 17.0 Å². The van der Waals surface area contributed by atoms with E-state index in [4.69, 9.17) is 11.6 Å². The predicted octanol–water partition coefficient (Wildman–Crippen LogP) is 3.61. The second-order valence-corrected chi connectivity index (χ2v) is 10.1. The molecule has 1 fully saturated rings. The van der Waals surface area contributed by atoms with Crippen molar-refractivity contribution in [2.75, 3.05) is 5.32 Å². The molecule has 4 aromatic heterocycles. The van der Waals surface area contributed by atoms with Crippen LogP contribution in [0.15, 0.2) is 33.6 Å². The molecule has 12 heteroatoms. The fourth-order valence-corrected chi connectivity index (χ4v) is 5.12. The molecule has 2 N–H and O–H groups in total. The number of anilines is 1. The molecule has 4 heterocycles. The first-order valence-electron chi connectivity index (χ1n) is 11.3. The van der Waals surface area contributed by atoms with Crippen molar-refractivity contribution >= 4 is 45.8 Å². The minimum Gasteiger partial charge on any atom is -0.312 e. The molecule has 3 atom stereocenters. The van der Waals surface area contributed by atoms with Crippen molar-refractivity contribution in [3.8, 4) is 10.6 Å². The fourth-order valence-electron chi connectivity index (χ4n) is 4.22. The van der Waals surface area contributed by atoms with Gasteiger partial charge in [0.15, 0.2) is 11.2 Å². The smallest absolute Gasteiger partial charge is 0.312 e. The monoisotopic (exact) mass is 513 g/mol. The van der Waals surface area contributed by atoms with Gasteiger partial charge in [0, 0.05) is 23.7 Å². The number of carbonyl (C=O) groups excluding carboxylic acids is 1. The third-order valence-electron chi connectivity index (χ3n) is 6.55. The number of fused-ring (bicyclic) bond motifs is 1. The summed E-state index contributed by atoms with van der Waals surface area (Å²) < 4.78 is 2.71. The van der Waals surface area contributed by atoms with Crippen molar-refractivity contribution in [2.45, 2.75) is 46.2 Å². The van der Waals surface area contributed by atoms with Crippen LogP contribution in [0, 0.1) is 18.8 Å². The van der Waals surface area contributed by atoms with E-state index < -0.39 is 17.3 Å². The molecule has 0 bridgehead atoms. The molecule has 0 spiro atoms. The zero-order valence-corrected chi connectivity index (χ0v) is 21.0. The zero-order valence-electron chi connectivity index (χ0n) is 19.4. The molecule has 4 aromatic rings. The van der Waals surface area contributed by atoms with Crippen molar-refractivity contribution in [3.63, 3.8) is 0 Å². The van der Waals surface area contributed by atoms with Crippen molar-refractivity contribution < 1.29 is 4.79 Å². The molecule has 182 valence electrons. The van der Waals surface area contributed by atoms with E-state index >= 15 is 0 Å². The van der Waals surface area contributed by atoms with Gasteiger partial charge in [0.1, 0.15) is 16.9 Å². The largest absolute Gasteiger partial charge is 0.330 e. The summed E-state index contributed by atoms with van der Waals surface area (Å²) in [5, 5.41) is 5.72. The molecular formula is C23H24ClN7O3S. The third-order valence-corrected chi connectivity index (χ3v) is 7.82. The van der Waals surface area contributed by atoms with Gasteiger partial charge in [-0.25, -0.2) is 14.8 Å². The number of aryl methyl sites for hydroxylation is 1. The quantitative estimate of drug-likeness (QED) is 0.388. The first-order chi connectivity index (χ1) is 16.8. The first kappa shape index (κ1) is 23.4. The molecule has 1 saturated carbocycles. The van der Waals surface area contributed by atoms with E-state index in [0.717, 1.165) is 24.1 Å². The number of nitrogens with one attached hydrogen (secondary N) is 2.